The molecular weight excluding hydrogens is 242 g/mol. The molecule has 0 aliphatic heterocycles. The van der Waals surface area contributed by atoms with Gasteiger partial charge in [0, 0.05) is 18.6 Å². The zero-order chi connectivity index (χ0) is 13.5. The predicted octanol–water partition coefficient (Wildman–Crippen LogP) is 0.434. The van der Waals surface area contributed by atoms with Crippen molar-refractivity contribution in [1.29, 1.82) is 0 Å². The lowest BCUT2D eigenvalue weighted by Gasteiger charge is -2.04. The molecule has 0 aromatic carbocycles. The highest BCUT2D eigenvalue weighted by Gasteiger charge is 2.10. The molecule has 0 saturated carbocycles. The second-order valence-electron chi connectivity index (χ2n) is 3.49. The van der Waals surface area contributed by atoms with Crippen LogP contribution in [0.15, 0.2) is 36.8 Å². The number of carbonyl (C=O) groups excluding carboxylic acids is 1. The van der Waals surface area contributed by atoms with E-state index in [-0.39, 0.29) is 12.5 Å². The summed E-state index contributed by atoms with van der Waals surface area (Å²) in [5, 5.41) is 10.1. The molecule has 0 saturated heterocycles. The predicted molar refractivity (Wildman–Crippen MR) is 70.2 cm³/mol. The fourth-order valence-corrected chi connectivity index (χ4v) is 1.39. The van der Waals surface area contributed by atoms with Crippen molar-refractivity contribution in [3.05, 3.63) is 47.9 Å². The molecular formula is C13H11N5O. The van der Waals surface area contributed by atoms with E-state index in [9.17, 15) is 4.79 Å². The molecule has 1 amide bonds. The molecule has 6 nitrogen and oxygen atoms in total. The van der Waals surface area contributed by atoms with Crippen molar-refractivity contribution in [2.24, 2.45) is 5.73 Å². The SMILES string of the molecule is NCC#Cc1cnccc1C(=O)Nc1cccnn1. The van der Waals surface area contributed by atoms with E-state index in [1.807, 2.05) is 0 Å². The van der Waals surface area contributed by atoms with Crippen molar-refractivity contribution < 1.29 is 4.79 Å². The van der Waals surface area contributed by atoms with Gasteiger partial charge in [-0.25, -0.2) is 0 Å². The van der Waals surface area contributed by atoms with Gasteiger partial charge in [0.05, 0.1) is 17.7 Å². The van der Waals surface area contributed by atoms with Gasteiger partial charge in [-0.2, -0.15) is 5.10 Å². The van der Waals surface area contributed by atoms with Crippen LogP contribution in [0.1, 0.15) is 15.9 Å². The fraction of sp³-hybridized carbons (Fsp3) is 0.0769. The number of nitrogens with zero attached hydrogens (tertiary/aromatic N) is 3. The molecule has 0 unspecified atom stereocenters. The van der Waals surface area contributed by atoms with E-state index >= 15 is 0 Å². The Morgan fingerprint density at radius 3 is 3.00 bits per heavy atom. The van der Waals surface area contributed by atoms with E-state index in [1.165, 1.54) is 18.6 Å². The number of nitrogens with one attached hydrogen (secondary N) is 1. The molecule has 2 heterocycles. The highest BCUT2D eigenvalue weighted by atomic mass is 16.1. The average Bonchev–Trinajstić information content (AvgIpc) is 2.46. The summed E-state index contributed by atoms with van der Waals surface area (Å²) in [6.45, 7) is 0.222. The van der Waals surface area contributed by atoms with Crippen LogP contribution in [-0.4, -0.2) is 27.6 Å². The number of carbonyl (C=O) groups is 1. The van der Waals surface area contributed by atoms with Crippen LogP contribution >= 0.6 is 0 Å². The van der Waals surface area contributed by atoms with Crippen LogP contribution < -0.4 is 11.1 Å². The maximum atomic E-state index is 12.1. The lowest BCUT2D eigenvalue weighted by Crippen LogP contribution is -2.15. The molecule has 0 radical (unpaired) electrons. The van der Waals surface area contributed by atoms with E-state index in [0.717, 1.165) is 0 Å². The topological polar surface area (TPSA) is 93.8 Å². The Kier molecular flexibility index (Phi) is 4.16. The molecule has 19 heavy (non-hydrogen) atoms. The molecule has 2 aromatic heterocycles. The minimum Gasteiger partial charge on any atom is -0.320 e. The molecule has 0 atom stereocenters. The molecule has 6 heteroatoms. The van der Waals surface area contributed by atoms with E-state index < -0.39 is 0 Å². The number of rotatable bonds is 2. The molecule has 0 aliphatic rings. The summed E-state index contributed by atoms with van der Waals surface area (Å²) in [7, 11) is 0. The first-order valence-electron chi connectivity index (χ1n) is 5.53. The van der Waals surface area contributed by atoms with Gasteiger partial charge in [0.1, 0.15) is 0 Å². The Morgan fingerprint density at radius 1 is 1.37 bits per heavy atom. The third-order valence-corrected chi connectivity index (χ3v) is 2.20. The summed E-state index contributed by atoms with van der Waals surface area (Å²) < 4.78 is 0. The maximum absolute atomic E-state index is 12.1. The summed E-state index contributed by atoms with van der Waals surface area (Å²) in [4.78, 5) is 16.0. The molecule has 2 rings (SSSR count). The number of hydrogen-bond donors (Lipinski definition) is 2. The van der Waals surface area contributed by atoms with Gasteiger partial charge in [0.15, 0.2) is 5.82 Å². The number of aromatic nitrogens is 3. The summed E-state index contributed by atoms with van der Waals surface area (Å²) in [5.74, 6) is 5.56. The van der Waals surface area contributed by atoms with Crippen molar-refractivity contribution in [1.82, 2.24) is 15.2 Å². The van der Waals surface area contributed by atoms with E-state index in [4.69, 9.17) is 5.73 Å². The van der Waals surface area contributed by atoms with Crippen molar-refractivity contribution >= 4 is 11.7 Å². The Balaban J connectivity index is 2.24. The largest absolute Gasteiger partial charge is 0.320 e. The van der Waals surface area contributed by atoms with Crippen LogP contribution in [0, 0.1) is 11.8 Å². The van der Waals surface area contributed by atoms with E-state index in [0.29, 0.717) is 16.9 Å². The normalized spacial score (nSPS) is 9.32. The minimum atomic E-state index is -0.316. The summed E-state index contributed by atoms with van der Waals surface area (Å²) in [6, 6.07) is 4.92. The monoisotopic (exact) mass is 253 g/mol. The van der Waals surface area contributed by atoms with Gasteiger partial charge in [0.2, 0.25) is 0 Å². The number of amides is 1. The van der Waals surface area contributed by atoms with Crippen LogP contribution in [-0.2, 0) is 0 Å². The first kappa shape index (κ1) is 12.7. The third-order valence-electron chi connectivity index (χ3n) is 2.20. The Labute approximate surface area is 110 Å². The van der Waals surface area contributed by atoms with Gasteiger partial charge in [0.25, 0.3) is 5.91 Å². The maximum Gasteiger partial charge on any atom is 0.258 e. The van der Waals surface area contributed by atoms with Gasteiger partial charge < -0.3 is 11.1 Å². The number of hydrogen-bond acceptors (Lipinski definition) is 5. The molecule has 94 valence electrons. The van der Waals surface area contributed by atoms with Crippen molar-refractivity contribution in [3.8, 4) is 11.8 Å². The highest BCUT2D eigenvalue weighted by molar-refractivity contribution is 6.05. The molecule has 2 aromatic rings. The van der Waals surface area contributed by atoms with E-state index in [1.54, 1.807) is 18.2 Å². The van der Waals surface area contributed by atoms with Crippen LogP contribution in [0.4, 0.5) is 5.82 Å². The Morgan fingerprint density at radius 2 is 2.26 bits per heavy atom. The number of nitrogens with two attached hydrogens (primary N) is 1. The first-order valence-corrected chi connectivity index (χ1v) is 5.53. The zero-order valence-electron chi connectivity index (χ0n) is 10.00. The molecule has 0 fully saturated rings. The highest BCUT2D eigenvalue weighted by Crippen LogP contribution is 2.08. The number of pyridine rings is 1. The quantitative estimate of drug-likeness (QED) is 0.757. The minimum absolute atomic E-state index is 0.222. The van der Waals surface area contributed by atoms with Gasteiger partial charge in [-0.3, -0.25) is 9.78 Å². The number of anilines is 1. The van der Waals surface area contributed by atoms with Crippen molar-refractivity contribution in [3.63, 3.8) is 0 Å². The zero-order valence-corrected chi connectivity index (χ0v) is 10.00. The molecule has 0 spiro atoms. The smallest absolute Gasteiger partial charge is 0.258 e. The molecule has 0 aliphatic carbocycles. The second kappa shape index (κ2) is 6.23. The Bertz CT molecular complexity index is 630. The van der Waals surface area contributed by atoms with Gasteiger partial charge in [-0.05, 0) is 18.2 Å². The van der Waals surface area contributed by atoms with Gasteiger partial charge in [-0.1, -0.05) is 11.8 Å². The van der Waals surface area contributed by atoms with Gasteiger partial charge >= 0.3 is 0 Å². The molecule has 0 bridgehead atoms. The fourth-order valence-electron chi connectivity index (χ4n) is 1.39. The average molecular weight is 253 g/mol. The first-order chi connectivity index (χ1) is 9.31. The van der Waals surface area contributed by atoms with Crippen LogP contribution in [0.2, 0.25) is 0 Å². The molecule has 3 N–H and O–H groups in total. The van der Waals surface area contributed by atoms with Crippen molar-refractivity contribution in [2.45, 2.75) is 0 Å². The second-order valence-corrected chi connectivity index (χ2v) is 3.49. The van der Waals surface area contributed by atoms with E-state index in [2.05, 4.69) is 32.3 Å². The summed E-state index contributed by atoms with van der Waals surface area (Å²) >= 11 is 0. The van der Waals surface area contributed by atoms with Crippen LogP contribution in [0.5, 0.6) is 0 Å². The third kappa shape index (κ3) is 3.34. The van der Waals surface area contributed by atoms with Crippen molar-refractivity contribution in [2.75, 3.05) is 11.9 Å². The van der Waals surface area contributed by atoms with Crippen LogP contribution in [0.3, 0.4) is 0 Å². The van der Waals surface area contributed by atoms with Gasteiger partial charge in [-0.15, -0.1) is 5.10 Å². The summed E-state index contributed by atoms with van der Waals surface area (Å²) in [6.07, 6.45) is 4.58. The standard InChI is InChI=1S/C13H11N5O/c14-6-1-3-10-9-15-8-5-11(10)13(19)17-12-4-2-7-16-18-12/h2,4-5,7-9H,6,14H2,(H,17,18,19). The lowest BCUT2D eigenvalue weighted by molar-refractivity contribution is 0.102. The Hall–Kier alpha value is -2.78. The summed E-state index contributed by atoms with van der Waals surface area (Å²) in [5.41, 5.74) is 6.25. The lowest BCUT2D eigenvalue weighted by atomic mass is 10.1. The van der Waals surface area contributed by atoms with Crippen LogP contribution in [0.25, 0.3) is 0 Å².